The van der Waals surface area contributed by atoms with Gasteiger partial charge in [-0.3, -0.25) is 4.98 Å². The molecular weight excluding hydrogens is 248 g/mol. The predicted octanol–water partition coefficient (Wildman–Crippen LogP) is 2.63. The summed E-state index contributed by atoms with van der Waals surface area (Å²) >= 11 is 1.52. The van der Waals surface area contributed by atoms with Crippen LogP contribution in [-0.2, 0) is 0 Å². The van der Waals surface area contributed by atoms with E-state index < -0.39 is 6.03 Å². The Bertz CT molecular complexity index is 564. The van der Waals surface area contributed by atoms with Crippen LogP contribution in [0.1, 0.15) is 23.6 Å². The van der Waals surface area contributed by atoms with E-state index in [4.69, 9.17) is 5.73 Å². The second kappa shape index (κ2) is 4.38. The number of nitrogens with zero attached hydrogens (tertiary/aromatic N) is 3. The van der Waals surface area contributed by atoms with E-state index in [1.807, 2.05) is 6.20 Å². The van der Waals surface area contributed by atoms with Crippen LogP contribution in [0.2, 0.25) is 0 Å². The molecule has 5 nitrogen and oxygen atoms in total. The first-order valence-corrected chi connectivity index (χ1v) is 6.52. The molecule has 0 aromatic carbocycles. The maximum Gasteiger partial charge on any atom is 0.325 e. The Hall–Kier alpha value is -1.95. The average Bonchev–Trinajstić information content (AvgIpc) is 3.11. The van der Waals surface area contributed by atoms with Gasteiger partial charge >= 0.3 is 6.03 Å². The van der Waals surface area contributed by atoms with E-state index in [-0.39, 0.29) is 0 Å². The van der Waals surface area contributed by atoms with Gasteiger partial charge < -0.3 is 5.73 Å². The van der Waals surface area contributed by atoms with E-state index in [0.29, 0.717) is 16.7 Å². The number of nitrogens with two attached hydrogens (primary N) is 1. The van der Waals surface area contributed by atoms with Crippen LogP contribution in [0.3, 0.4) is 0 Å². The quantitative estimate of drug-likeness (QED) is 0.922. The lowest BCUT2D eigenvalue weighted by atomic mass is 10.4. The minimum atomic E-state index is -0.542. The summed E-state index contributed by atoms with van der Waals surface area (Å²) in [6, 6.07) is 3.01. The monoisotopic (exact) mass is 260 g/mol. The molecule has 1 aliphatic carbocycles. The maximum absolute atomic E-state index is 11.6. The lowest BCUT2D eigenvalue weighted by Crippen LogP contribution is -2.31. The Morgan fingerprint density at radius 3 is 2.89 bits per heavy atom. The fourth-order valence-electron chi connectivity index (χ4n) is 1.75. The molecule has 0 saturated heterocycles. The summed E-state index contributed by atoms with van der Waals surface area (Å²) in [5.41, 5.74) is 6.07. The summed E-state index contributed by atoms with van der Waals surface area (Å²) in [5, 5.41) is 0.609. The summed E-state index contributed by atoms with van der Waals surface area (Å²) in [5.74, 6) is 0.625. The molecule has 0 bridgehead atoms. The van der Waals surface area contributed by atoms with Crippen molar-refractivity contribution in [1.29, 1.82) is 0 Å². The third-order valence-corrected chi connectivity index (χ3v) is 3.95. The summed E-state index contributed by atoms with van der Waals surface area (Å²) < 4.78 is 0. The molecule has 6 heteroatoms. The minimum Gasteiger partial charge on any atom is -0.351 e. The number of amides is 2. The highest BCUT2D eigenvalue weighted by atomic mass is 32.1. The molecule has 18 heavy (non-hydrogen) atoms. The third kappa shape index (κ3) is 2.06. The van der Waals surface area contributed by atoms with Crippen molar-refractivity contribution in [3.63, 3.8) is 0 Å². The average molecular weight is 260 g/mol. The Balaban J connectivity index is 1.95. The molecule has 1 saturated carbocycles. The Kier molecular flexibility index (Phi) is 2.71. The zero-order valence-electron chi connectivity index (χ0n) is 9.61. The summed E-state index contributed by atoms with van der Waals surface area (Å²) in [7, 11) is 0. The van der Waals surface area contributed by atoms with Crippen LogP contribution in [0.15, 0.2) is 30.7 Å². The molecule has 0 radical (unpaired) electrons. The van der Waals surface area contributed by atoms with Crippen molar-refractivity contribution in [3.8, 4) is 0 Å². The molecule has 2 aromatic rings. The van der Waals surface area contributed by atoms with Crippen LogP contribution in [0, 0.1) is 0 Å². The number of aromatic nitrogens is 2. The highest BCUT2D eigenvalue weighted by Gasteiger charge is 2.27. The Morgan fingerprint density at radius 1 is 1.44 bits per heavy atom. The van der Waals surface area contributed by atoms with E-state index in [1.54, 1.807) is 24.5 Å². The second-order valence-electron chi connectivity index (χ2n) is 4.20. The number of pyridine rings is 1. The van der Waals surface area contributed by atoms with E-state index in [1.165, 1.54) is 34.0 Å². The molecule has 3 rings (SSSR count). The van der Waals surface area contributed by atoms with Crippen LogP contribution in [0.4, 0.5) is 15.6 Å². The first-order chi connectivity index (χ1) is 8.75. The van der Waals surface area contributed by atoms with E-state index in [0.717, 1.165) is 0 Å². The number of primary amides is 1. The fourth-order valence-corrected chi connectivity index (χ4v) is 2.87. The van der Waals surface area contributed by atoms with Crippen molar-refractivity contribution < 1.29 is 4.79 Å². The highest BCUT2D eigenvalue weighted by molar-refractivity contribution is 7.16. The number of carbonyl (C=O) groups excluding carboxylic acids is 1. The Labute approximate surface area is 108 Å². The number of urea groups is 1. The van der Waals surface area contributed by atoms with Crippen molar-refractivity contribution in [3.05, 3.63) is 35.6 Å². The van der Waals surface area contributed by atoms with Gasteiger partial charge in [0.25, 0.3) is 0 Å². The van der Waals surface area contributed by atoms with Crippen molar-refractivity contribution in [2.24, 2.45) is 5.73 Å². The maximum atomic E-state index is 11.6. The van der Waals surface area contributed by atoms with Gasteiger partial charge in [0.05, 0.1) is 11.9 Å². The predicted molar refractivity (Wildman–Crippen MR) is 70.0 cm³/mol. The van der Waals surface area contributed by atoms with Gasteiger partial charge in [0.1, 0.15) is 0 Å². The van der Waals surface area contributed by atoms with E-state index in [2.05, 4.69) is 9.97 Å². The molecule has 2 heterocycles. The number of carbonyl (C=O) groups is 1. The molecule has 0 unspecified atom stereocenters. The molecule has 2 N–H and O–H groups in total. The van der Waals surface area contributed by atoms with Gasteiger partial charge in [0.15, 0.2) is 5.13 Å². The van der Waals surface area contributed by atoms with Crippen molar-refractivity contribution >= 4 is 28.2 Å². The molecule has 0 aliphatic heterocycles. The van der Waals surface area contributed by atoms with Gasteiger partial charge in [0.2, 0.25) is 0 Å². The summed E-state index contributed by atoms with van der Waals surface area (Å²) in [6.45, 7) is 0. The largest absolute Gasteiger partial charge is 0.351 e. The number of hydrogen-bond donors (Lipinski definition) is 1. The van der Waals surface area contributed by atoms with Crippen molar-refractivity contribution in [2.75, 3.05) is 4.90 Å². The molecule has 2 aromatic heterocycles. The second-order valence-corrected chi connectivity index (χ2v) is 5.25. The summed E-state index contributed by atoms with van der Waals surface area (Å²) in [6.07, 6.45) is 7.52. The lowest BCUT2D eigenvalue weighted by Gasteiger charge is -2.16. The molecular formula is C12H12N4OS. The molecule has 92 valence electrons. The van der Waals surface area contributed by atoms with Crippen LogP contribution in [-0.4, -0.2) is 16.0 Å². The summed E-state index contributed by atoms with van der Waals surface area (Å²) in [4.78, 5) is 22.5. The normalized spacial score (nSPS) is 14.4. The van der Waals surface area contributed by atoms with Gasteiger partial charge in [-0.05, 0) is 30.9 Å². The zero-order chi connectivity index (χ0) is 12.5. The minimum absolute atomic E-state index is 0.542. The zero-order valence-corrected chi connectivity index (χ0v) is 10.4. The number of anilines is 2. The SMILES string of the molecule is NC(=O)N(c1cccnc1)c1ncc(C2CC2)s1. The van der Waals surface area contributed by atoms with Crippen LogP contribution in [0.5, 0.6) is 0 Å². The third-order valence-electron chi connectivity index (χ3n) is 2.81. The first kappa shape index (κ1) is 11.2. The van der Waals surface area contributed by atoms with Crippen molar-refractivity contribution in [2.45, 2.75) is 18.8 Å². The van der Waals surface area contributed by atoms with Crippen molar-refractivity contribution in [1.82, 2.24) is 9.97 Å². The standard InChI is InChI=1S/C12H12N4OS/c13-11(17)16(9-2-1-5-14-6-9)12-15-7-10(18-12)8-3-4-8/h1-2,5-8H,3-4H2,(H2,13,17). The molecule has 1 aliphatic rings. The first-order valence-electron chi connectivity index (χ1n) is 5.71. The van der Waals surface area contributed by atoms with Gasteiger partial charge in [0, 0.05) is 17.3 Å². The topological polar surface area (TPSA) is 72.1 Å². The van der Waals surface area contributed by atoms with Gasteiger partial charge in [-0.25, -0.2) is 14.7 Å². The fraction of sp³-hybridized carbons (Fsp3) is 0.250. The van der Waals surface area contributed by atoms with Crippen LogP contribution in [0.25, 0.3) is 0 Å². The van der Waals surface area contributed by atoms with E-state index in [9.17, 15) is 4.79 Å². The lowest BCUT2D eigenvalue weighted by molar-refractivity contribution is 0.256. The number of hydrogen-bond acceptors (Lipinski definition) is 4. The smallest absolute Gasteiger partial charge is 0.325 e. The Morgan fingerprint density at radius 2 is 2.28 bits per heavy atom. The van der Waals surface area contributed by atoms with Gasteiger partial charge in [-0.1, -0.05) is 0 Å². The van der Waals surface area contributed by atoms with Crippen LogP contribution < -0.4 is 10.6 Å². The van der Waals surface area contributed by atoms with Gasteiger partial charge in [-0.15, -0.1) is 11.3 Å². The van der Waals surface area contributed by atoms with E-state index >= 15 is 0 Å². The van der Waals surface area contributed by atoms with Gasteiger partial charge in [-0.2, -0.15) is 0 Å². The van der Waals surface area contributed by atoms with Crippen LogP contribution >= 0.6 is 11.3 Å². The molecule has 2 amide bonds. The highest BCUT2D eigenvalue weighted by Crippen LogP contribution is 2.44. The number of rotatable bonds is 3. The molecule has 0 spiro atoms. The molecule has 1 fully saturated rings. The molecule has 0 atom stereocenters. The number of thiazole rings is 1.